The Hall–Kier alpha value is -1.95. The van der Waals surface area contributed by atoms with Gasteiger partial charge in [-0.25, -0.2) is 4.79 Å². The molecular formula is C21H33N3O3. The largest absolute Gasteiger partial charge is 0.495 e. The van der Waals surface area contributed by atoms with E-state index in [1.807, 2.05) is 37.8 Å². The van der Waals surface area contributed by atoms with Gasteiger partial charge in [-0.05, 0) is 76.4 Å². The molecule has 1 spiro atoms. The number of nitrogens with zero attached hydrogens (tertiary/aromatic N) is 1. The van der Waals surface area contributed by atoms with Crippen molar-refractivity contribution in [1.29, 1.82) is 0 Å². The van der Waals surface area contributed by atoms with Crippen LogP contribution >= 0.6 is 0 Å². The van der Waals surface area contributed by atoms with Gasteiger partial charge in [0.2, 0.25) is 0 Å². The number of nitrogens with one attached hydrogen (secondary N) is 1. The molecule has 150 valence electrons. The molecule has 2 fully saturated rings. The Bertz CT molecular complexity index is 705. The first-order chi connectivity index (χ1) is 12.7. The highest BCUT2D eigenvalue weighted by molar-refractivity contribution is 5.71. The van der Waals surface area contributed by atoms with Gasteiger partial charge in [-0.1, -0.05) is 6.92 Å². The number of piperidine rings is 1. The molecule has 1 atom stereocenters. The fraction of sp³-hybridized carbons (Fsp3) is 0.667. The number of rotatable bonds is 3. The first-order valence-corrected chi connectivity index (χ1v) is 9.87. The number of methoxy groups -OCH3 is 1. The zero-order valence-corrected chi connectivity index (χ0v) is 17.2. The third-order valence-corrected chi connectivity index (χ3v) is 5.77. The summed E-state index contributed by atoms with van der Waals surface area (Å²) in [7, 11) is 1.63. The van der Waals surface area contributed by atoms with E-state index < -0.39 is 5.60 Å². The van der Waals surface area contributed by atoms with E-state index in [-0.39, 0.29) is 17.6 Å². The molecule has 2 saturated heterocycles. The maximum absolute atomic E-state index is 12.9. The van der Waals surface area contributed by atoms with Crippen LogP contribution in [0.15, 0.2) is 12.1 Å². The van der Waals surface area contributed by atoms with E-state index >= 15 is 0 Å². The van der Waals surface area contributed by atoms with Crippen LogP contribution in [0.1, 0.15) is 57.7 Å². The molecule has 1 aromatic rings. The normalized spacial score (nSPS) is 21.7. The average Bonchev–Trinajstić information content (AvgIpc) is 2.60. The average molecular weight is 376 g/mol. The van der Waals surface area contributed by atoms with Crippen molar-refractivity contribution in [2.45, 2.75) is 58.6 Å². The highest BCUT2D eigenvalue weighted by Crippen LogP contribution is 2.56. The smallest absolute Gasteiger partial charge is 0.410 e. The van der Waals surface area contributed by atoms with Gasteiger partial charge >= 0.3 is 6.09 Å². The van der Waals surface area contributed by atoms with Crippen LogP contribution in [-0.4, -0.2) is 43.3 Å². The molecule has 27 heavy (non-hydrogen) atoms. The van der Waals surface area contributed by atoms with Gasteiger partial charge in [0.15, 0.2) is 0 Å². The fourth-order valence-electron chi connectivity index (χ4n) is 4.48. The standard InChI is InChI=1S/C21H33N3O3/c1-6-14-11-16(22)17(26-5)12-15(14)18-21(7-9-23-10-8-21)13-24(18)19(25)27-20(2,3)4/h11-12,18,23H,6-10,13,22H2,1-5H3. The van der Waals surface area contributed by atoms with Gasteiger partial charge in [0.1, 0.15) is 11.4 Å². The Labute approximate surface area is 162 Å². The number of carbonyl (C=O) groups is 1. The summed E-state index contributed by atoms with van der Waals surface area (Å²) >= 11 is 0. The summed E-state index contributed by atoms with van der Waals surface area (Å²) in [4.78, 5) is 14.8. The molecule has 0 aromatic heterocycles. The molecule has 1 unspecified atom stereocenters. The monoisotopic (exact) mass is 375 g/mol. The van der Waals surface area contributed by atoms with E-state index in [0.717, 1.165) is 44.5 Å². The van der Waals surface area contributed by atoms with Crippen molar-refractivity contribution in [3.63, 3.8) is 0 Å². The lowest BCUT2D eigenvalue weighted by atomic mass is 9.63. The molecule has 0 aliphatic carbocycles. The molecule has 2 aliphatic rings. The quantitative estimate of drug-likeness (QED) is 0.791. The summed E-state index contributed by atoms with van der Waals surface area (Å²) < 4.78 is 11.2. The van der Waals surface area contributed by atoms with Gasteiger partial charge in [0, 0.05) is 12.0 Å². The Balaban J connectivity index is 2.02. The van der Waals surface area contributed by atoms with Crippen molar-refractivity contribution in [3.05, 3.63) is 23.3 Å². The SMILES string of the molecule is CCc1cc(N)c(OC)cc1C1N(C(=O)OC(C)(C)C)CC12CCNCC2. The molecule has 0 bridgehead atoms. The highest BCUT2D eigenvalue weighted by Gasteiger charge is 2.56. The Morgan fingerprint density at radius 2 is 2.00 bits per heavy atom. The van der Waals surface area contributed by atoms with E-state index in [1.165, 1.54) is 5.56 Å². The van der Waals surface area contributed by atoms with Crippen LogP contribution in [0.25, 0.3) is 0 Å². The molecule has 6 heteroatoms. The van der Waals surface area contributed by atoms with Gasteiger partial charge in [0.05, 0.1) is 18.8 Å². The van der Waals surface area contributed by atoms with Crippen molar-refractivity contribution in [2.24, 2.45) is 5.41 Å². The van der Waals surface area contributed by atoms with Gasteiger partial charge < -0.3 is 20.5 Å². The van der Waals surface area contributed by atoms with Crippen LogP contribution in [0.5, 0.6) is 5.75 Å². The second-order valence-corrected chi connectivity index (χ2v) is 8.77. The van der Waals surface area contributed by atoms with E-state index in [0.29, 0.717) is 11.4 Å². The summed E-state index contributed by atoms with van der Waals surface area (Å²) in [6, 6.07) is 4.02. The predicted molar refractivity (Wildman–Crippen MR) is 107 cm³/mol. The van der Waals surface area contributed by atoms with E-state index in [2.05, 4.69) is 12.2 Å². The van der Waals surface area contributed by atoms with Crippen LogP contribution in [-0.2, 0) is 11.2 Å². The number of carbonyl (C=O) groups excluding carboxylic acids is 1. The zero-order valence-electron chi connectivity index (χ0n) is 17.2. The Morgan fingerprint density at radius 3 is 2.56 bits per heavy atom. The second kappa shape index (κ2) is 7.23. The van der Waals surface area contributed by atoms with Crippen LogP contribution in [0.4, 0.5) is 10.5 Å². The van der Waals surface area contributed by atoms with Gasteiger partial charge in [0.25, 0.3) is 0 Å². The lowest BCUT2D eigenvalue weighted by Gasteiger charge is -2.59. The number of anilines is 1. The topological polar surface area (TPSA) is 76.8 Å². The van der Waals surface area contributed by atoms with Crippen LogP contribution < -0.4 is 15.8 Å². The predicted octanol–water partition coefficient (Wildman–Crippen LogP) is 3.50. The van der Waals surface area contributed by atoms with Gasteiger partial charge in [-0.15, -0.1) is 0 Å². The minimum absolute atomic E-state index is 0.00102. The molecule has 6 nitrogen and oxygen atoms in total. The fourth-order valence-corrected chi connectivity index (χ4v) is 4.48. The summed E-state index contributed by atoms with van der Waals surface area (Å²) in [6.07, 6.45) is 2.71. The third kappa shape index (κ3) is 3.72. The lowest BCUT2D eigenvalue weighted by Crippen LogP contribution is -2.64. The number of amides is 1. The van der Waals surface area contributed by atoms with E-state index in [4.69, 9.17) is 15.2 Å². The number of nitrogens with two attached hydrogens (primary N) is 1. The molecule has 2 aliphatic heterocycles. The third-order valence-electron chi connectivity index (χ3n) is 5.77. The van der Waals surface area contributed by atoms with Crippen molar-refractivity contribution in [2.75, 3.05) is 32.5 Å². The van der Waals surface area contributed by atoms with E-state index in [1.54, 1.807) is 7.11 Å². The molecule has 3 N–H and O–H groups in total. The minimum Gasteiger partial charge on any atom is -0.495 e. The van der Waals surface area contributed by atoms with Gasteiger partial charge in [-0.3, -0.25) is 4.90 Å². The van der Waals surface area contributed by atoms with E-state index in [9.17, 15) is 4.79 Å². The summed E-state index contributed by atoms with van der Waals surface area (Å²) in [5, 5.41) is 3.44. The number of nitrogen functional groups attached to an aromatic ring is 1. The molecular weight excluding hydrogens is 342 g/mol. The van der Waals surface area contributed by atoms with Crippen molar-refractivity contribution in [3.8, 4) is 5.75 Å². The zero-order chi connectivity index (χ0) is 19.8. The number of hydrogen-bond acceptors (Lipinski definition) is 5. The lowest BCUT2D eigenvalue weighted by molar-refractivity contribution is -0.0974. The van der Waals surface area contributed by atoms with Gasteiger partial charge in [-0.2, -0.15) is 0 Å². The molecule has 1 amide bonds. The number of ether oxygens (including phenoxy) is 2. The summed E-state index contributed by atoms with van der Waals surface area (Å²) in [5.41, 5.74) is 8.68. The van der Waals surface area contributed by atoms with Crippen LogP contribution in [0.3, 0.4) is 0 Å². The molecule has 1 aromatic carbocycles. The van der Waals surface area contributed by atoms with Crippen molar-refractivity contribution >= 4 is 11.8 Å². The number of aryl methyl sites for hydroxylation is 1. The number of likely N-dealkylation sites (tertiary alicyclic amines) is 1. The first kappa shape index (κ1) is 19.8. The Kier molecular flexibility index (Phi) is 5.30. The van der Waals surface area contributed by atoms with Crippen LogP contribution in [0, 0.1) is 5.41 Å². The maximum atomic E-state index is 12.9. The second-order valence-electron chi connectivity index (χ2n) is 8.77. The maximum Gasteiger partial charge on any atom is 0.410 e. The van der Waals surface area contributed by atoms with Crippen molar-refractivity contribution in [1.82, 2.24) is 10.2 Å². The molecule has 3 rings (SSSR count). The first-order valence-electron chi connectivity index (χ1n) is 9.87. The Morgan fingerprint density at radius 1 is 1.33 bits per heavy atom. The molecule has 2 heterocycles. The minimum atomic E-state index is -0.509. The van der Waals surface area contributed by atoms with Crippen molar-refractivity contribution < 1.29 is 14.3 Å². The molecule has 0 radical (unpaired) electrons. The molecule has 0 saturated carbocycles. The number of hydrogen-bond donors (Lipinski definition) is 2. The number of benzene rings is 1. The summed E-state index contributed by atoms with van der Waals surface area (Å²) in [5.74, 6) is 0.669. The summed E-state index contributed by atoms with van der Waals surface area (Å²) in [6.45, 7) is 10.5. The highest BCUT2D eigenvalue weighted by atomic mass is 16.6. The van der Waals surface area contributed by atoms with Crippen LogP contribution in [0.2, 0.25) is 0 Å².